The van der Waals surface area contributed by atoms with Crippen molar-refractivity contribution in [3.8, 4) is 0 Å². The first-order valence-corrected chi connectivity index (χ1v) is 5.17. The van der Waals surface area contributed by atoms with E-state index in [1.165, 1.54) is 0 Å². The second-order valence-corrected chi connectivity index (χ2v) is 3.73. The van der Waals surface area contributed by atoms with Gasteiger partial charge in [0.15, 0.2) is 0 Å². The minimum Gasteiger partial charge on any atom is -0.447 e. The molecule has 0 aromatic carbocycles. The van der Waals surface area contributed by atoms with Crippen LogP contribution < -0.4 is 5.73 Å². The SMILES string of the molecule is CCN(CC)C(=O)OCC(C)(N)CC. The lowest BCUT2D eigenvalue weighted by atomic mass is 10.0. The predicted molar refractivity (Wildman–Crippen MR) is 57.2 cm³/mol. The summed E-state index contributed by atoms with van der Waals surface area (Å²) in [4.78, 5) is 13.0. The van der Waals surface area contributed by atoms with Gasteiger partial charge in [-0.15, -0.1) is 0 Å². The molecule has 0 bridgehead atoms. The molecule has 0 aliphatic rings. The Morgan fingerprint density at radius 1 is 1.36 bits per heavy atom. The monoisotopic (exact) mass is 202 g/mol. The van der Waals surface area contributed by atoms with Gasteiger partial charge in [-0.3, -0.25) is 0 Å². The van der Waals surface area contributed by atoms with Crippen molar-refractivity contribution in [3.05, 3.63) is 0 Å². The normalized spacial score (nSPS) is 14.6. The Bertz CT molecular complexity index is 177. The second-order valence-electron chi connectivity index (χ2n) is 3.73. The van der Waals surface area contributed by atoms with Gasteiger partial charge in [-0.25, -0.2) is 4.79 Å². The average molecular weight is 202 g/mol. The molecule has 4 heteroatoms. The van der Waals surface area contributed by atoms with Crippen LogP contribution in [-0.4, -0.2) is 36.2 Å². The first-order chi connectivity index (χ1) is 6.46. The summed E-state index contributed by atoms with van der Waals surface area (Å²) in [5.41, 5.74) is 5.44. The average Bonchev–Trinajstić information content (AvgIpc) is 2.17. The van der Waals surface area contributed by atoms with Gasteiger partial charge in [0.1, 0.15) is 6.61 Å². The number of hydrogen-bond acceptors (Lipinski definition) is 3. The minimum absolute atomic E-state index is 0.277. The van der Waals surface area contributed by atoms with Gasteiger partial charge in [0.25, 0.3) is 0 Å². The number of nitrogens with zero attached hydrogens (tertiary/aromatic N) is 1. The van der Waals surface area contributed by atoms with Crippen LogP contribution in [0.25, 0.3) is 0 Å². The summed E-state index contributed by atoms with van der Waals surface area (Å²) in [6.45, 7) is 9.32. The fraction of sp³-hybridized carbons (Fsp3) is 0.900. The maximum absolute atomic E-state index is 11.4. The summed E-state index contributed by atoms with van der Waals surface area (Å²) in [5, 5.41) is 0. The summed E-state index contributed by atoms with van der Waals surface area (Å²) < 4.78 is 5.10. The van der Waals surface area contributed by atoms with E-state index in [4.69, 9.17) is 10.5 Å². The van der Waals surface area contributed by atoms with Gasteiger partial charge in [0.05, 0.1) is 0 Å². The summed E-state index contributed by atoms with van der Waals surface area (Å²) in [6.07, 6.45) is 0.513. The molecule has 0 aliphatic heterocycles. The summed E-state index contributed by atoms with van der Waals surface area (Å²) in [7, 11) is 0. The molecule has 0 fully saturated rings. The van der Waals surface area contributed by atoms with Crippen molar-refractivity contribution < 1.29 is 9.53 Å². The quantitative estimate of drug-likeness (QED) is 0.736. The molecular formula is C10H22N2O2. The maximum atomic E-state index is 11.4. The first-order valence-electron chi connectivity index (χ1n) is 5.17. The van der Waals surface area contributed by atoms with E-state index in [0.717, 1.165) is 6.42 Å². The van der Waals surface area contributed by atoms with Crippen LogP contribution in [0.15, 0.2) is 0 Å². The Morgan fingerprint density at radius 3 is 2.21 bits per heavy atom. The second kappa shape index (κ2) is 5.86. The summed E-state index contributed by atoms with van der Waals surface area (Å²) in [5.74, 6) is 0. The first kappa shape index (κ1) is 13.2. The lowest BCUT2D eigenvalue weighted by molar-refractivity contribution is 0.0854. The summed E-state index contributed by atoms with van der Waals surface area (Å²) >= 11 is 0. The molecule has 0 saturated heterocycles. The van der Waals surface area contributed by atoms with E-state index in [9.17, 15) is 4.79 Å². The Kier molecular flexibility index (Phi) is 5.53. The van der Waals surface area contributed by atoms with Gasteiger partial charge in [0.2, 0.25) is 0 Å². The van der Waals surface area contributed by atoms with Crippen LogP contribution in [0, 0.1) is 0 Å². The largest absolute Gasteiger partial charge is 0.447 e. The van der Waals surface area contributed by atoms with Crippen LogP contribution in [0.4, 0.5) is 4.79 Å². The molecule has 1 atom stereocenters. The number of carbonyl (C=O) groups is 1. The molecule has 0 aromatic rings. The van der Waals surface area contributed by atoms with Gasteiger partial charge in [-0.05, 0) is 27.2 Å². The lowest BCUT2D eigenvalue weighted by Crippen LogP contribution is -2.43. The number of amides is 1. The van der Waals surface area contributed by atoms with Crippen molar-refractivity contribution in [1.29, 1.82) is 0 Å². The van der Waals surface area contributed by atoms with E-state index in [1.807, 2.05) is 27.7 Å². The Balaban J connectivity index is 3.95. The highest BCUT2D eigenvalue weighted by molar-refractivity contribution is 5.67. The molecule has 0 spiro atoms. The topological polar surface area (TPSA) is 55.6 Å². The van der Waals surface area contributed by atoms with Crippen LogP contribution in [-0.2, 0) is 4.74 Å². The van der Waals surface area contributed by atoms with Crippen molar-refractivity contribution in [2.75, 3.05) is 19.7 Å². The molecule has 0 aliphatic carbocycles. The third-order valence-corrected chi connectivity index (χ3v) is 2.35. The highest BCUT2D eigenvalue weighted by Crippen LogP contribution is 2.06. The molecule has 0 aromatic heterocycles. The van der Waals surface area contributed by atoms with Crippen LogP contribution >= 0.6 is 0 Å². The van der Waals surface area contributed by atoms with Crippen LogP contribution in [0.2, 0.25) is 0 Å². The maximum Gasteiger partial charge on any atom is 0.409 e. The zero-order valence-corrected chi connectivity index (χ0v) is 9.67. The van der Waals surface area contributed by atoms with Crippen LogP contribution in [0.3, 0.4) is 0 Å². The van der Waals surface area contributed by atoms with Gasteiger partial charge < -0.3 is 15.4 Å². The van der Waals surface area contributed by atoms with E-state index in [0.29, 0.717) is 13.1 Å². The molecule has 0 rings (SSSR count). The molecule has 14 heavy (non-hydrogen) atoms. The van der Waals surface area contributed by atoms with Crippen molar-refractivity contribution in [1.82, 2.24) is 4.90 Å². The van der Waals surface area contributed by atoms with E-state index in [-0.39, 0.29) is 12.7 Å². The van der Waals surface area contributed by atoms with Gasteiger partial charge in [-0.1, -0.05) is 6.92 Å². The van der Waals surface area contributed by atoms with Gasteiger partial charge >= 0.3 is 6.09 Å². The van der Waals surface area contributed by atoms with E-state index in [2.05, 4.69) is 0 Å². The predicted octanol–water partition coefficient (Wildman–Crippen LogP) is 1.59. The molecule has 2 N–H and O–H groups in total. The van der Waals surface area contributed by atoms with Crippen molar-refractivity contribution in [2.24, 2.45) is 5.73 Å². The highest BCUT2D eigenvalue weighted by atomic mass is 16.6. The highest BCUT2D eigenvalue weighted by Gasteiger charge is 2.19. The van der Waals surface area contributed by atoms with Crippen LogP contribution in [0.5, 0.6) is 0 Å². The van der Waals surface area contributed by atoms with E-state index in [1.54, 1.807) is 4.90 Å². The molecule has 0 radical (unpaired) electrons. The summed E-state index contributed by atoms with van der Waals surface area (Å²) in [6, 6.07) is 0. The minimum atomic E-state index is -0.414. The Labute approximate surface area is 86.4 Å². The molecule has 84 valence electrons. The molecule has 0 saturated carbocycles. The number of hydrogen-bond donors (Lipinski definition) is 1. The molecule has 1 unspecified atom stereocenters. The number of rotatable bonds is 5. The van der Waals surface area contributed by atoms with Crippen molar-refractivity contribution >= 4 is 6.09 Å². The zero-order chi connectivity index (χ0) is 11.2. The third kappa shape index (κ3) is 4.46. The van der Waals surface area contributed by atoms with Crippen LogP contribution in [0.1, 0.15) is 34.1 Å². The van der Waals surface area contributed by atoms with Gasteiger partial charge in [0, 0.05) is 18.6 Å². The third-order valence-electron chi connectivity index (χ3n) is 2.35. The smallest absolute Gasteiger partial charge is 0.409 e. The standard InChI is InChI=1S/C10H22N2O2/c1-5-10(4,11)8-14-9(13)12(6-2)7-3/h5-8,11H2,1-4H3. The molecule has 1 amide bonds. The Morgan fingerprint density at radius 2 is 1.86 bits per heavy atom. The Hall–Kier alpha value is -0.770. The van der Waals surface area contributed by atoms with Crippen molar-refractivity contribution in [2.45, 2.75) is 39.7 Å². The molecular weight excluding hydrogens is 180 g/mol. The van der Waals surface area contributed by atoms with Gasteiger partial charge in [-0.2, -0.15) is 0 Å². The van der Waals surface area contributed by atoms with E-state index < -0.39 is 5.54 Å². The fourth-order valence-electron chi connectivity index (χ4n) is 0.902. The molecule has 4 nitrogen and oxygen atoms in total. The number of carbonyl (C=O) groups excluding carboxylic acids is 1. The zero-order valence-electron chi connectivity index (χ0n) is 9.67. The lowest BCUT2D eigenvalue weighted by Gasteiger charge is -2.25. The fourth-order valence-corrected chi connectivity index (χ4v) is 0.902. The number of nitrogens with two attached hydrogens (primary N) is 1. The van der Waals surface area contributed by atoms with E-state index >= 15 is 0 Å². The number of ether oxygens (including phenoxy) is 1. The van der Waals surface area contributed by atoms with Crippen molar-refractivity contribution in [3.63, 3.8) is 0 Å². The molecule has 0 heterocycles.